The van der Waals surface area contributed by atoms with E-state index in [9.17, 15) is 0 Å². The third-order valence-electron chi connectivity index (χ3n) is 2.68. The standard InChI is InChI=1S/C13H17N3S/c1-3-13-16-12(9-17-13)8-15-10(2)11-5-4-6-14-7-11/h4-7,9-10,15H,3,8H2,1-2H3/t10-/m0/s1. The van der Waals surface area contributed by atoms with Gasteiger partial charge in [0.05, 0.1) is 10.7 Å². The topological polar surface area (TPSA) is 37.8 Å². The highest BCUT2D eigenvalue weighted by Crippen LogP contribution is 2.13. The molecule has 0 bridgehead atoms. The quantitative estimate of drug-likeness (QED) is 0.882. The molecule has 90 valence electrons. The van der Waals surface area contributed by atoms with Gasteiger partial charge in [0.25, 0.3) is 0 Å². The summed E-state index contributed by atoms with van der Waals surface area (Å²) < 4.78 is 0. The first kappa shape index (κ1) is 12.2. The highest BCUT2D eigenvalue weighted by atomic mass is 32.1. The van der Waals surface area contributed by atoms with Crippen LogP contribution in [0, 0.1) is 0 Å². The summed E-state index contributed by atoms with van der Waals surface area (Å²) in [4.78, 5) is 8.66. The number of thiazole rings is 1. The SMILES string of the molecule is CCc1nc(CN[C@@H](C)c2cccnc2)cs1. The van der Waals surface area contributed by atoms with Crippen LogP contribution in [-0.2, 0) is 13.0 Å². The highest BCUT2D eigenvalue weighted by molar-refractivity contribution is 7.09. The minimum atomic E-state index is 0.301. The average Bonchev–Trinajstić information content (AvgIpc) is 2.85. The van der Waals surface area contributed by atoms with Crippen molar-refractivity contribution in [2.24, 2.45) is 0 Å². The molecule has 0 aliphatic rings. The van der Waals surface area contributed by atoms with Crippen LogP contribution in [0.2, 0.25) is 0 Å². The van der Waals surface area contributed by atoms with Crippen molar-refractivity contribution in [2.75, 3.05) is 0 Å². The normalized spacial score (nSPS) is 12.6. The molecular weight excluding hydrogens is 230 g/mol. The molecule has 0 fully saturated rings. The second-order valence-corrected chi connectivity index (χ2v) is 4.92. The predicted molar refractivity (Wildman–Crippen MR) is 71.0 cm³/mol. The lowest BCUT2D eigenvalue weighted by molar-refractivity contribution is 0.567. The summed E-state index contributed by atoms with van der Waals surface area (Å²) in [6, 6.07) is 4.35. The summed E-state index contributed by atoms with van der Waals surface area (Å²) in [6.45, 7) is 5.09. The van der Waals surface area contributed by atoms with Crippen molar-refractivity contribution in [3.05, 3.63) is 46.2 Å². The molecule has 0 radical (unpaired) electrons. The van der Waals surface area contributed by atoms with Gasteiger partial charge in [0.1, 0.15) is 0 Å². The van der Waals surface area contributed by atoms with E-state index >= 15 is 0 Å². The maximum atomic E-state index is 4.53. The molecule has 2 aromatic heterocycles. The van der Waals surface area contributed by atoms with E-state index in [-0.39, 0.29) is 0 Å². The van der Waals surface area contributed by atoms with Crippen molar-refractivity contribution >= 4 is 11.3 Å². The van der Waals surface area contributed by atoms with E-state index in [2.05, 4.69) is 40.6 Å². The first-order chi connectivity index (χ1) is 8.29. The van der Waals surface area contributed by atoms with Crippen LogP contribution in [0.1, 0.15) is 36.2 Å². The first-order valence-electron chi connectivity index (χ1n) is 5.86. The van der Waals surface area contributed by atoms with Gasteiger partial charge in [-0.25, -0.2) is 4.98 Å². The van der Waals surface area contributed by atoms with E-state index < -0.39 is 0 Å². The van der Waals surface area contributed by atoms with Crippen molar-refractivity contribution in [2.45, 2.75) is 32.9 Å². The van der Waals surface area contributed by atoms with Gasteiger partial charge < -0.3 is 5.32 Å². The number of pyridine rings is 1. The first-order valence-corrected chi connectivity index (χ1v) is 6.74. The maximum Gasteiger partial charge on any atom is 0.0926 e. The Morgan fingerprint density at radius 3 is 3.00 bits per heavy atom. The zero-order valence-electron chi connectivity index (χ0n) is 10.2. The molecule has 1 N–H and O–H groups in total. The lowest BCUT2D eigenvalue weighted by Gasteiger charge is -2.12. The molecule has 4 heteroatoms. The minimum Gasteiger partial charge on any atom is -0.304 e. The molecule has 0 aromatic carbocycles. The van der Waals surface area contributed by atoms with Gasteiger partial charge in [-0.2, -0.15) is 0 Å². The molecule has 0 unspecified atom stereocenters. The molecule has 0 amide bonds. The highest BCUT2D eigenvalue weighted by Gasteiger charge is 2.06. The van der Waals surface area contributed by atoms with Crippen LogP contribution >= 0.6 is 11.3 Å². The summed E-state index contributed by atoms with van der Waals surface area (Å²) in [5, 5.41) is 6.79. The van der Waals surface area contributed by atoms with Gasteiger partial charge in [-0.05, 0) is 25.0 Å². The lowest BCUT2D eigenvalue weighted by Crippen LogP contribution is -2.18. The van der Waals surface area contributed by atoms with Crippen LogP contribution in [0.25, 0.3) is 0 Å². The number of nitrogens with zero attached hydrogens (tertiary/aromatic N) is 2. The molecule has 2 rings (SSSR count). The van der Waals surface area contributed by atoms with Crippen LogP contribution in [-0.4, -0.2) is 9.97 Å². The fourth-order valence-corrected chi connectivity index (χ4v) is 2.34. The van der Waals surface area contributed by atoms with Gasteiger partial charge in [0.2, 0.25) is 0 Å². The number of hydrogen-bond donors (Lipinski definition) is 1. The maximum absolute atomic E-state index is 4.53. The smallest absolute Gasteiger partial charge is 0.0926 e. The molecule has 0 saturated carbocycles. The van der Waals surface area contributed by atoms with Gasteiger partial charge >= 0.3 is 0 Å². The summed E-state index contributed by atoms with van der Waals surface area (Å²) >= 11 is 1.73. The minimum absolute atomic E-state index is 0.301. The van der Waals surface area contributed by atoms with Crippen molar-refractivity contribution in [3.8, 4) is 0 Å². The fourth-order valence-electron chi connectivity index (χ4n) is 1.60. The van der Waals surface area contributed by atoms with E-state index in [1.807, 2.05) is 12.3 Å². The van der Waals surface area contributed by atoms with Crippen LogP contribution < -0.4 is 5.32 Å². The zero-order valence-corrected chi connectivity index (χ0v) is 11.0. The van der Waals surface area contributed by atoms with E-state index in [0.29, 0.717) is 6.04 Å². The van der Waals surface area contributed by atoms with Crippen LogP contribution in [0.4, 0.5) is 0 Å². The van der Waals surface area contributed by atoms with Gasteiger partial charge in [-0.3, -0.25) is 4.98 Å². The summed E-state index contributed by atoms with van der Waals surface area (Å²) in [7, 11) is 0. The number of rotatable bonds is 5. The van der Waals surface area contributed by atoms with Crippen LogP contribution in [0.3, 0.4) is 0 Å². The molecular formula is C13H17N3S. The zero-order chi connectivity index (χ0) is 12.1. The largest absolute Gasteiger partial charge is 0.304 e. The molecule has 2 aromatic rings. The van der Waals surface area contributed by atoms with Crippen molar-refractivity contribution in [1.29, 1.82) is 0 Å². The van der Waals surface area contributed by atoms with Gasteiger partial charge in [0, 0.05) is 30.4 Å². The Morgan fingerprint density at radius 2 is 2.35 bits per heavy atom. The average molecular weight is 247 g/mol. The molecule has 17 heavy (non-hydrogen) atoms. The van der Waals surface area contributed by atoms with E-state index in [1.54, 1.807) is 17.5 Å². The van der Waals surface area contributed by atoms with Crippen LogP contribution in [0.5, 0.6) is 0 Å². The number of aromatic nitrogens is 2. The van der Waals surface area contributed by atoms with Gasteiger partial charge in [-0.1, -0.05) is 13.0 Å². The number of nitrogens with one attached hydrogen (secondary N) is 1. The van der Waals surface area contributed by atoms with E-state index in [4.69, 9.17) is 0 Å². The predicted octanol–water partition coefficient (Wildman–Crippen LogP) is 2.95. The van der Waals surface area contributed by atoms with Crippen LogP contribution in [0.15, 0.2) is 29.9 Å². The third-order valence-corrected chi connectivity index (χ3v) is 3.72. The van der Waals surface area contributed by atoms with Crippen molar-refractivity contribution in [3.63, 3.8) is 0 Å². The Kier molecular flexibility index (Phi) is 4.23. The Morgan fingerprint density at radius 1 is 1.47 bits per heavy atom. The molecule has 0 spiro atoms. The molecule has 3 nitrogen and oxygen atoms in total. The van der Waals surface area contributed by atoms with Gasteiger partial charge in [-0.15, -0.1) is 11.3 Å². The van der Waals surface area contributed by atoms with E-state index in [1.165, 1.54) is 10.6 Å². The Bertz CT molecular complexity index is 453. The molecule has 0 saturated heterocycles. The second kappa shape index (κ2) is 5.89. The Labute approximate surface area is 106 Å². The Hall–Kier alpha value is -1.26. The second-order valence-electron chi connectivity index (χ2n) is 3.98. The lowest BCUT2D eigenvalue weighted by atomic mass is 10.1. The van der Waals surface area contributed by atoms with E-state index in [0.717, 1.165) is 18.7 Å². The monoisotopic (exact) mass is 247 g/mol. The molecule has 0 aliphatic carbocycles. The summed E-state index contributed by atoms with van der Waals surface area (Å²) in [6.07, 6.45) is 4.71. The summed E-state index contributed by atoms with van der Waals surface area (Å²) in [5.74, 6) is 0. The van der Waals surface area contributed by atoms with Crippen molar-refractivity contribution in [1.82, 2.24) is 15.3 Å². The van der Waals surface area contributed by atoms with Gasteiger partial charge in [0.15, 0.2) is 0 Å². The summed E-state index contributed by atoms with van der Waals surface area (Å²) in [5.41, 5.74) is 2.33. The molecule has 1 atom stereocenters. The van der Waals surface area contributed by atoms with Crippen molar-refractivity contribution < 1.29 is 0 Å². The number of aryl methyl sites for hydroxylation is 1. The number of hydrogen-bond acceptors (Lipinski definition) is 4. The fraction of sp³-hybridized carbons (Fsp3) is 0.385. The molecule has 2 heterocycles. The third kappa shape index (κ3) is 3.35. The molecule has 0 aliphatic heterocycles. The Balaban J connectivity index is 1.90.